The topological polar surface area (TPSA) is 76.4 Å². The van der Waals surface area contributed by atoms with Crippen molar-refractivity contribution >= 4 is 33.5 Å². The van der Waals surface area contributed by atoms with E-state index in [1.807, 2.05) is 54.6 Å². The van der Waals surface area contributed by atoms with Crippen LogP contribution in [0, 0.1) is 0 Å². The van der Waals surface area contributed by atoms with Gasteiger partial charge in [0, 0.05) is 16.8 Å². The van der Waals surface area contributed by atoms with Gasteiger partial charge in [-0.2, -0.15) is 0 Å². The Bertz CT molecular complexity index is 1260. The number of fused-ring (bicyclic) bond motifs is 2. The van der Waals surface area contributed by atoms with Gasteiger partial charge in [-0.25, -0.2) is 4.40 Å². The molecule has 0 aliphatic carbocycles. The number of para-hydroxylation sites is 1. The van der Waals surface area contributed by atoms with Crippen LogP contribution in [0.3, 0.4) is 0 Å². The Morgan fingerprint density at radius 2 is 1.68 bits per heavy atom. The number of aromatic nitrogens is 3. The third kappa shape index (κ3) is 1.96. The van der Waals surface area contributed by atoms with Crippen molar-refractivity contribution < 1.29 is 4.79 Å². The van der Waals surface area contributed by atoms with Crippen molar-refractivity contribution in [3.05, 3.63) is 75.0 Å². The predicted molar refractivity (Wildman–Crippen MR) is 95.4 cm³/mol. The third-order valence-corrected chi connectivity index (χ3v) is 5.18. The number of hydrogen-bond acceptors (Lipinski definition) is 5. The molecule has 0 atom stereocenters. The molecule has 0 radical (unpaired) electrons. The lowest BCUT2D eigenvalue weighted by atomic mass is 10.1. The highest BCUT2D eigenvalue weighted by Crippen LogP contribution is 2.29. The van der Waals surface area contributed by atoms with Crippen LogP contribution in [0.2, 0.25) is 0 Å². The van der Waals surface area contributed by atoms with Crippen molar-refractivity contribution in [3.8, 4) is 11.4 Å². The summed E-state index contributed by atoms with van der Waals surface area (Å²) in [5.41, 5.74) is 2.39. The zero-order valence-electron chi connectivity index (χ0n) is 12.8. The van der Waals surface area contributed by atoms with Gasteiger partial charge in [-0.05, 0) is 6.07 Å². The highest BCUT2D eigenvalue weighted by Gasteiger charge is 2.27. The van der Waals surface area contributed by atoms with Crippen LogP contribution >= 0.6 is 11.3 Å². The Kier molecular flexibility index (Phi) is 2.86. The van der Waals surface area contributed by atoms with Crippen LogP contribution in [0.5, 0.6) is 0 Å². The van der Waals surface area contributed by atoms with E-state index in [-0.39, 0.29) is 11.5 Å². The molecule has 7 heteroatoms. The highest BCUT2D eigenvalue weighted by atomic mass is 32.1. The molecule has 1 aliphatic rings. The lowest BCUT2D eigenvalue weighted by Gasteiger charge is -1.95. The van der Waals surface area contributed by atoms with Crippen molar-refractivity contribution in [2.45, 2.75) is 0 Å². The molecule has 25 heavy (non-hydrogen) atoms. The summed E-state index contributed by atoms with van der Waals surface area (Å²) < 4.78 is 1.85. The minimum absolute atomic E-state index is 0.267. The van der Waals surface area contributed by atoms with Gasteiger partial charge < -0.3 is 5.32 Å². The highest BCUT2D eigenvalue weighted by molar-refractivity contribution is 7.15. The van der Waals surface area contributed by atoms with Gasteiger partial charge in [0.25, 0.3) is 11.5 Å². The Hall–Kier alpha value is -3.32. The van der Waals surface area contributed by atoms with Gasteiger partial charge in [-0.15, -0.1) is 10.2 Å². The molecular weight excluding hydrogens is 336 g/mol. The zero-order chi connectivity index (χ0) is 17.0. The van der Waals surface area contributed by atoms with Gasteiger partial charge in [0.1, 0.15) is 4.53 Å². The number of rotatable bonds is 1. The van der Waals surface area contributed by atoms with Gasteiger partial charge in [0.05, 0.1) is 5.57 Å². The van der Waals surface area contributed by atoms with Crippen LogP contribution in [-0.2, 0) is 4.79 Å². The fourth-order valence-electron chi connectivity index (χ4n) is 3.03. The lowest BCUT2D eigenvalue weighted by Crippen LogP contribution is -2.28. The Morgan fingerprint density at radius 3 is 2.52 bits per heavy atom. The van der Waals surface area contributed by atoms with Crippen LogP contribution in [-0.4, -0.2) is 20.5 Å². The predicted octanol–water partition coefficient (Wildman–Crippen LogP) is 1.69. The summed E-state index contributed by atoms with van der Waals surface area (Å²) in [4.78, 5) is 25.9. The van der Waals surface area contributed by atoms with Crippen LogP contribution in [0.25, 0.3) is 21.9 Å². The molecule has 0 spiro atoms. The molecular formula is C18H10N4O2S. The van der Waals surface area contributed by atoms with E-state index in [0.29, 0.717) is 26.6 Å². The second kappa shape index (κ2) is 5.09. The molecule has 6 nitrogen and oxygen atoms in total. The number of hydrogen-bond donors (Lipinski definition) is 1. The summed E-state index contributed by atoms with van der Waals surface area (Å²) in [7, 11) is 0. The maximum absolute atomic E-state index is 13.0. The molecule has 5 rings (SSSR count). The quantitative estimate of drug-likeness (QED) is 0.569. The van der Waals surface area contributed by atoms with Crippen LogP contribution in [0.1, 0.15) is 5.56 Å². The first-order chi connectivity index (χ1) is 12.2. The van der Waals surface area contributed by atoms with Crippen molar-refractivity contribution in [1.29, 1.82) is 0 Å². The van der Waals surface area contributed by atoms with Crippen LogP contribution in [0.4, 0.5) is 5.69 Å². The minimum Gasteiger partial charge on any atom is -0.321 e. The molecule has 0 saturated heterocycles. The summed E-state index contributed by atoms with van der Waals surface area (Å²) in [5.74, 6) is 0.215. The standard InChI is InChI=1S/C18H10N4O2S/c23-16-13(11-8-4-5-9-12(11)19-16)14-17(24)22-15(20-21-18(22)25-14)10-6-2-1-3-7-10/h1-9H,(H,19,23)/b14-13-. The van der Waals surface area contributed by atoms with E-state index in [9.17, 15) is 9.59 Å². The summed E-state index contributed by atoms with van der Waals surface area (Å²) >= 11 is 1.18. The third-order valence-electron chi connectivity index (χ3n) is 4.15. The number of thiazole rings is 1. The molecule has 2 aromatic carbocycles. The number of carbonyl (C=O) groups is 1. The van der Waals surface area contributed by atoms with Crippen molar-refractivity contribution in [2.24, 2.45) is 0 Å². The number of carbonyl (C=O) groups excluding carboxylic acids is 1. The molecule has 1 N–H and O–H groups in total. The van der Waals surface area contributed by atoms with Gasteiger partial charge in [-0.3, -0.25) is 9.59 Å². The maximum atomic E-state index is 13.0. The molecule has 2 aromatic heterocycles. The molecule has 0 saturated carbocycles. The number of amides is 1. The molecule has 0 unspecified atom stereocenters. The first-order valence-electron chi connectivity index (χ1n) is 7.62. The van der Waals surface area contributed by atoms with E-state index in [1.165, 1.54) is 15.7 Å². The fourth-order valence-corrected chi connectivity index (χ4v) is 4.04. The smallest absolute Gasteiger partial charge is 0.277 e. The number of nitrogens with zero attached hydrogens (tertiary/aromatic N) is 3. The minimum atomic E-state index is -0.272. The summed E-state index contributed by atoms with van der Waals surface area (Å²) in [6.07, 6.45) is 0. The summed E-state index contributed by atoms with van der Waals surface area (Å²) in [6.45, 7) is 0. The second-order valence-corrected chi connectivity index (χ2v) is 6.60. The van der Waals surface area contributed by atoms with E-state index in [4.69, 9.17) is 0 Å². The monoisotopic (exact) mass is 346 g/mol. The first kappa shape index (κ1) is 14.1. The van der Waals surface area contributed by atoms with Crippen molar-refractivity contribution in [2.75, 3.05) is 5.32 Å². The first-order valence-corrected chi connectivity index (χ1v) is 8.44. The Labute approximate surface area is 145 Å². The van der Waals surface area contributed by atoms with Crippen molar-refractivity contribution in [1.82, 2.24) is 14.6 Å². The normalized spacial score (nSPS) is 15.4. The van der Waals surface area contributed by atoms with Crippen LogP contribution in [0.15, 0.2) is 59.4 Å². The number of nitrogens with one attached hydrogen (secondary N) is 1. The van der Waals surface area contributed by atoms with E-state index in [1.54, 1.807) is 0 Å². The zero-order valence-corrected chi connectivity index (χ0v) is 13.6. The summed E-state index contributed by atoms with van der Waals surface area (Å²) in [6, 6.07) is 16.7. The largest absolute Gasteiger partial charge is 0.321 e. The van der Waals surface area contributed by atoms with Gasteiger partial charge in [0.2, 0.25) is 4.96 Å². The van der Waals surface area contributed by atoms with E-state index < -0.39 is 0 Å². The van der Waals surface area contributed by atoms with E-state index >= 15 is 0 Å². The van der Waals surface area contributed by atoms with Crippen LogP contribution < -0.4 is 15.4 Å². The second-order valence-electron chi connectivity index (χ2n) is 5.62. The molecule has 3 heterocycles. The summed E-state index contributed by atoms with van der Waals surface area (Å²) in [5, 5.41) is 11.0. The molecule has 120 valence electrons. The number of anilines is 1. The van der Waals surface area contributed by atoms with Gasteiger partial charge in [0.15, 0.2) is 5.82 Å². The van der Waals surface area contributed by atoms with Crippen molar-refractivity contribution in [3.63, 3.8) is 0 Å². The Morgan fingerprint density at radius 1 is 0.920 bits per heavy atom. The maximum Gasteiger partial charge on any atom is 0.277 e. The average molecular weight is 346 g/mol. The van der Waals surface area contributed by atoms with Gasteiger partial charge in [-0.1, -0.05) is 59.9 Å². The van der Waals surface area contributed by atoms with E-state index in [2.05, 4.69) is 15.5 Å². The molecule has 4 aromatic rings. The lowest BCUT2D eigenvalue weighted by molar-refractivity contribution is -0.110. The molecule has 0 fully saturated rings. The SMILES string of the molecule is O=C1Nc2ccccc2/C1=c1/sc2nnc(-c3ccccc3)n2c1=O. The Balaban J connectivity index is 1.86. The molecule has 0 bridgehead atoms. The van der Waals surface area contributed by atoms with E-state index in [0.717, 1.165) is 11.1 Å². The van der Waals surface area contributed by atoms with Gasteiger partial charge >= 0.3 is 0 Å². The molecule has 1 aliphatic heterocycles. The average Bonchev–Trinajstić information content (AvgIpc) is 3.28. The molecule has 1 amide bonds. The number of benzene rings is 2. The fraction of sp³-hybridized carbons (Fsp3) is 0.